The van der Waals surface area contributed by atoms with Crippen LogP contribution in [0.25, 0.3) is 0 Å². The highest BCUT2D eigenvalue weighted by Crippen LogP contribution is 2.34. The predicted molar refractivity (Wildman–Crippen MR) is 83.2 cm³/mol. The normalized spacial score (nSPS) is 10.9. The summed E-state index contributed by atoms with van der Waals surface area (Å²) < 4.78 is 1.46. The Morgan fingerprint density at radius 1 is 1.23 bits per heavy atom. The standard InChI is InChI=1S/C16H18N2O4/c1-9(2)7-18-8-10(3-6-13(18)20)15(21)11-4-5-12(19)14(17)16(11)22/h3-6,8-9,19,22H,7,17H2,1-2H3. The molecule has 0 aliphatic carbocycles. The second-order valence-electron chi connectivity index (χ2n) is 5.53. The molecule has 2 rings (SSSR count). The van der Waals surface area contributed by atoms with Crippen molar-refractivity contribution in [1.82, 2.24) is 4.57 Å². The van der Waals surface area contributed by atoms with Crippen LogP contribution in [0.15, 0.2) is 35.3 Å². The second kappa shape index (κ2) is 5.93. The number of aromatic nitrogens is 1. The van der Waals surface area contributed by atoms with Crippen LogP contribution in [0.1, 0.15) is 29.8 Å². The number of rotatable bonds is 4. The number of aromatic hydroxyl groups is 2. The largest absolute Gasteiger partial charge is 0.506 e. The minimum absolute atomic E-state index is 0.0231. The molecule has 0 aliphatic rings. The van der Waals surface area contributed by atoms with Crippen LogP contribution < -0.4 is 11.3 Å². The third kappa shape index (κ3) is 2.95. The molecule has 1 aromatic carbocycles. The molecule has 0 saturated heterocycles. The number of hydrogen-bond acceptors (Lipinski definition) is 5. The third-order valence-corrected chi connectivity index (χ3v) is 3.25. The predicted octanol–water partition coefficient (Wildman–Crippen LogP) is 1.73. The monoisotopic (exact) mass is 302 g/mol. The van der Waals surface area contributed by atoms with E-state index >= 15 is 0 Å². The summed E-state index contributed by atoms with van der Waals surface area (Å²) >= 11 is 0. The van der Waals surface area contributed by atoms with Crippen LogP contribution >= 0.6 is 0 Å². The maximum absolute atomic E-state index is 12.5. The summed E-state index contributed by atoms with van der Waals surface area (Å²) in [4.78, 5) is 24.2. The molecule has 2 aromatic rings. The molecule has 0 atom stereocenters. The van der Waals surface area contributed by atoms with Crippen molar-refractivity contribution in [3.63, 3.8) is 0 Å². The van der Waals surface area contributed by atoms with Gasteiger partial charge in [-0.25, -0.2) is 0 Å². The summed E-state index contributed by atoms with van der Waals surface area (Å²) in [6.45, 7) is 4.42. The van der Waals surface area contributed by atoms with Crippen LogP contribution in [0.3, 0.4) is 0 Å². The fourth-order valence-corrected chi connectivity index (χ4v) is 2.14. The smallest absolute Gasteiger partial charge is 0.250 e. The van der Waals surface area contributed by atoms with Crippen LogP contribution in [0, 0.1) is 5.92 Å². The number of ketones is 1. The molecule has 0 radical (unpaired) electrons. The van der Waals surface area contributed by atoms with Crippen LogP contribution in [0.2, 0.25) is 0 Å². The van der Waals surface area contributed by atoms with Gasteiger partial charge in [0.05, 0.1) is 5.56 Å². The average molecular weight is 302 g/mol. The van der Waals surface area contributed by atoms with Gasteiger partial charge in [0.1, 0.15) is 11.4 Å². The van der Waals surface area contributed by atoms with Crippen molar-refractivity contribution in [2.45, 2.75) is 20.4 Å². The number of phenolic OH excluding ortho intramolecular Hbond substituents is 2. The van der Waals surface area contributed by atoms with Crippen LogP contribution in [0.5, 0.6) is 11.5 Å². The Kier molecular flexibility index (Phi) is 4.21. The van der Waals surface area contributed by atoms with Crippen molar-refractivity contribution in [1.29, 1.82) is 0 Å². The van der Waals surface area contributed by atoms with Crippen LogP contribution in [0.4, 0.5) is 5.69 Å². The van der Waals surface area contributed by atoms with Gasteiger partial charge in [-0.3, -0.25) is 9.59 Å². The zero-order valence-electron chi connectivity index (χ0n) is 12.4. The van der Waals surface area contributed by atoms with Gasteiger partial charge < -0.3 is 20.5 Å². The first-order valence-electron chi connectivity index (χ1n) is 6.87. The Morgan fingerprint density at radius 3 is 2.55 bits per heavy atom. The van der Waals surface area contributed by atoms with E-state index in [0.717, 1.165) is 0 Å². The van der Waals surface area contributed by atoms with Gasteiger partial charge in [0.25, 0.3) is 5.56 Å². The zero-order chi connectivity index (χ0) is 16.4. The quantitative estimate of drug-likeness (QED) is 0.453. The van der Waals surface area contributed by atoms with Gasteiger partial charge in [-0.15, -0.1) is 0 Å². The lowest BCUT2D eigenvalue weighted by atomic mass is 10.0. The molecular formula is C16H18N2O4. The highest BCUT2D eigenvalue weighted by Gasteiger charge is 2.18. The molecule has 6 heteroatoms. The lowest BCUT2D eigenvalue weighted by Gasteiger charge is -2.11. The summed E-state index contributed by atoms with van der Waals surface area (Å²) in [6, 6.07) is 5.26. The number of nitrogen functional groups attached to an aromatic ring is 1. The SMILES string of the molecule is CC(C)Cn1cc(C(=O)c2ccc(O)c(N)c2O)ccc1=O. The molecule has 0 unspecified atom stereocenters. The summed E-state index contributed by atoms with van der Waals surface area (Å²) in [5.41, 5.74) is 5.31. The number of carbonyl (C=O) groups is 1. The maximum atomic E-state index is 12.5. The highest BCUT2D eigenvalue weighted by atomic mass is 16.3. The molecule has 116 valence electrons. The molecule has 0 amide bonds. The molecule has 22 heavy (non-hydrogen) atoms. The summed E-state index contributed by atoms with van der Waals surface area (Å²) in [5, 5.41) is 19.3. The molecule has 1 heterocycles. The van der Waals surface area contributed by atoms with E-state index in [1.54, 1.807) is 0 Å². The minimum atomic E-state index is -0.471. The van der Waals surface area contributed by atoms with E-state index < -0.39 is 11.5 Å². The van der Waals surface area contributed by atoms with Gasteiger partial charge in [0.15, 0.2) is 11.5 Å². The Bertz CT molecular complexity index is 778. The first-order chi connectivity index (χ1) is 10.3. The number of hydrogen-bond donors (Lipinski definition) is 3. The second-order valence-corrected chi connectivity index (χ2v) is 5.53. The van der Waals surface area contributed by atoms with Gasteiger partial charge in [-0.05, 0) is 24.1 Å². The number of benzene rings is 1. The molecule has 1 aromatic heterocycles. The number of phenols is 2. The van der Waals surface area contributed by atoms with Gasteiger partial charge in [-0.2, -0.15) is 0 Å². The van der Waals surface area contributed by atoms with E-state index in [1.165, 1.54) is 35.0 Å². The van der Waals surface area contributed by atoms with Crippen LogP contribution in [-0.4, -0.2) is 20.6 Å². The molecule has 6 nitrogen and oxygen atoms in total. The molecule has 0 bridgehead atoms. The van der Waals surface area contributed by atoms with Crippen molar-refractivity contribution in [3.8, 4) is 11.5 Å². The molecule has 0 fully saturated rings. The van der Waals surface area contributed by atoms with E-state index in [2.05, 4.69) is 0 Å². The van der Waals surface area contributed by atoms with Gasteiger partial charge in [0.2, 0.25) is 0 Å². The van der Waals surface area contributed by atoms with E-state index in [-0.39, 0.29) is 34.0 Å². The zero-order valence-corrected chi connectivity index (χ0v) is 12.4. The summed E-state index contributed by atoms with van der Waals surface area (Å²) in [7, 11) is 0. The van der Waals surface area contributed by atoms with Gasteiger partial charge in [0, 0.05) is 24.4 Å². The fourth-order valence-electron chi connectivity index (χ4n) is 2.14. The highest BCUT2D eigenvalue weighted by molar-refractivity contribution is 6.11. The van der Waals surface area contributed by atoms with E-state index in [9.17, 15) is 19.8 Å². The van der Waals surface area contributed by atoms with Crippen molar-refractivity contribution in [3.05, 3.63) is 51.9 Å². The van der Waals surface area contributed by atoms with E-state index in [0.29, 0.717) is 6.54 Å². The lowest BCUT2D eigenvalue weighted by Crippen LogP contribution is -2.22. The molecule has 0 aliphatic heterocycles. The van der Waals surface area contributed by atoms with Crippen LogP contribution in [-0.2, 0) is 6.54 Å². The minimum Gasteiger partial charge on any atom is -0.506 e. The average Bonchev–Trinajstić information content (AvgIpc) is 2.46. The lowest BCUT2D eigenvalue weighted by molar-refractivity contribution is 0.103. The maximum Gasteiger partial charge on any atom is 0.250 e. The molecule has 0 saturated carbocycles. The fraction of sp³-hybridized carbons (Fsp3) is 0.250. The first-order valence-corrected chi connectivity index (χ1v) is 6.87. The van der Waals surface area contributed by atoms with E-state index in [1.807, 2.05) is 13.8 Å². The topological polar surface area (TPSA) is 106 Å². The van der Waals surface area contributed by atoms with E-state index in [4.69, 9.17) is 5.73 Å². The number of nitrogens with zero attached hydrogens (tertiary/aromatic N) is 1. The van der Waals surface area contributed by atoms with Gasteiger partial charge in [-0.1, -0.05) is 13.8 Å². The van der Waals surface area contributed by atoms with Gasteiger partial charge >= 0.3 is 0 Å². The Balaban J connectivity index is 2.46. The Labute approximate surface area is 127 Å². The van der Waals surface area contributed by atoms with Crippen molar-refractivity contribution < 1.29 is 15.0 Å². The number of carbonyl (C=O) groups excluding carboxylic acids is 1. The molecule has 0 spiro atoms. The Morgan fingerprint density at radius 2 is 1.91 bits per heavy atom. The van der Waals surface area contributed by atoms with Crippen molar-refractivity contribution >= 4 is 11.5 Å². The molecule has 4 N–H and O–H groups in total. The number of anilines is 1. The summed E-state index contributed by atoms with van der Waals surface area (Å²) in [5.74, 6) is -0.979. The van der Waals surface area contributed by atoms with Crippen molar-refractivity contribution in [2.75, 3.05) is 5.73 Å². The number of nitrogens with two attached hydrogens (primary N) is 1. The van der Waals surface area contributed by atoms with Crippen molar-refractivity contribution in [2.24, 2.45) is 5.92 Å². The Hall–Kier alpha value is -2.76. The summed E-state index contributed by atoms with van der Waals surface area (Å²) in [6.07, 6.45) is 1.47. The third-order valence-electron chi connectivity index (χ3n) is 3.25. The first kappa shape index (κ1) is 15.6. The number of pyridine rings is 1. The molecular weight excluding hydrogens is 284 g/mol.